The molecule has 1 saturated heterocycles. The van der Waals surface area contributed by atoms with E-state index in [0.29, 0.717) is 19.5 Å². The lowest BCUT2D eigenvalue weighted by molar-refractivity contribution is -0.146. The first kappa shape index (κ1) is 18.8. The molecule has 1 atom stereocenters. The highest BCUT2D eigenvalue weighted by Crippen LogP contribution is 2.32. The predicted molar refractivity (Wildman–Crippen MR) is 96.3 cm³/mol. The Hall–Kier alpha value is -1.93. The van der Waals surface area contributed by atoms with E-state index < -0.39 is 22.0 Å². The Bertz CT molecular complexity index is 821. The van der Waals surface area contributed by atoms with Crippen LogP contribution in [0.2, 0.25) is 0 Å². The van der Waals surface area contributed by atoms with Gasteiger partial charge in [-0.15, -0.1) is 0 Å². The molecular formula is C18H24N2O5S. The Labute approximate surface area is 154 Å². The van der Waals surface area contributed by atoms with Crippen molar-refractivity contribution in [3.63, 3.8) is 0 Å². The number of anilines is 1. The van der Waals surface area contributed by atoms with E-state index in [1.54, 1.807) is 17.0 Å². The van der Waals surface area contributed by atoms with Crippen LogP contribution in [-0.2, 0) is 30.8 Å². The van der Waals surface area contributed by atoms with Gasteiger partial charge in [0, 0.05) is 25.7 Å². The Balaban J connectivity index is 1.97. The number of amides is 1. The van der Waals surface area contributed by atoms with E-state index in [1.165, 1.54) is 24.4 Å². The van der Waals surface area contributed by atoms with E-state index >= 15 is 0 Å². The lowest BCUT2D eigenvalue weighted by Gasteiger charge is -2.33. The number of methoxy groups -OCH3 is 1. The predicted octanol–water partition coefficient (Wildman–Crippen LogP) is 1.70. The van der Waals surface area contributed by atoms with E-state index in [1.807, 2.05) is 0 Å². The van der Waals surface area contributed by atoms with Gasteiger partial charge < -0.3 is 9.64 Å². The average molecular weight is 380 g/mol. The van der Waals surface area contributed by atoms with Gasteiger partial charge in [0.05, 0.1) is 12.0 Å². The third kappa shape index (κ3) is 3.35. The van der Waals surface area contributed by atoms with Gasteiger partial charge in [0.1, 0.15) is 6.04 Å². The maximum absolute atomic E-state index is 13.2. The summed E-state index contributed by atoms with van der Waals surface area (Å²) in [7, 11) is -2.53. The number of rotatable bonds is 3. The van der Waals surface area contributed by atoms with Crippen LogP contribution < -0.4 is 4.90 Å². The van der Waals surface area contributed by atoms with Gasteiger partial charge in [-0.05, 0) is 55.9 Å². The molecule has 26 heavy (non-hydrogen) atoms. The molecular weight excluding hydrogens is 356 g/mol. The molecule has 0 bridgehead atoms. The number of hydrogen-bond acceptors (Lipinski definition) is 5. The van der Waals surface area contributed by atoms with Crippen molar-refractivity contribution in [3.05, 3.63) is 23.8 Å². The van der Waals surface area contributed by atoms with Crippen molar-refractivity contribution in [1.29, 1.82) is 0 Å². The molecule has 1 amide bonds. The summed E-state index contributed by atoms with van der Waals surface area (Å²) in [6.45, 7) is 2.46. The molecule has 1 aromatic rings. The largest absolute Gasteiger partial charge is 0.468 e. The van der Waals surface area contributed by atoms with Crippen molar-refractivity contribution in [2.24, 2.45) is 0 Å². The zero-order chi connectivity index (χ0) is 18.9. The summed E-state index contributed by atoms with van der Waals surface area (Å²) in [6.07, 6.45) is 3.50. The Morgan fingerprint density at radius 3 is 2.62 bits per heavy atom. The average Bonchev–Trinajstić information content (AvgIpc) is 2.66. The quantitative estimate of drug-likeness (QED) is 0.746. The molecule has 2 heterocycles. The zero-order valence-corrected chi connectivity index (χ0v) is 15.9. The second kappa shape index (κ2) is 7.36. The summed E-state index contributed by atoms with van der Waals surface area (Å²) in [5.41, 5.74) is 1.62. The van der Waals surface area contributed by atoms with Crippen LogP contribution in [0.4, 0.5) is 5.69 Å². The van der Waals surface area contributed by atoms with Crippen molar-refractivity contribution in [1.82, 2.24) is 4.31 Å². The second-order valence-electron chi connectivity index (χ2n) is 6.72. The van der Waals surface area contributed by atoms with Crippen LogP contribution >= 0.6 is 0 Å². The van der Waals surface area contributed by atoms with Gasteiger partial charge in [-0.25, -0.2) is 8.42 Å². The SMILES string of the molecule is COC(=O)[C@@H]1CCCCN1S(=O)(=O)c1ccc2c(c1)CCCN2C(C)=O. The molecule has 0 saturated carbocycles. The number of hydrogen-bond donors (Lipinski definition) is 0. The van der Waals surface area contributed by atoms with Crippen LogP contribution in [0, 0.1) is 0 Å². The maximum atomic E-state index is 13.2. The molecule has 0 aliphatic carbocycles. The van der Waals surface area contributed by atoms with Crippen molar-refractivity contribution >= 4 is 27.6 Å². The Morgan fingerprint density at radius 2 is 1.92 bits per heavy atom. The molecule has 3 rings (SSSR count). The molecule has 0 N–H and O–H groups in total. The molecule has 2 aliphatic rings. The fraction of sp³-hybridized carbons (Fsp3) is 0.556. The lowest BCUT2D eigenvalue weighted by Crippen LogP contribution is -2.48. The number of ether oxygens (including phenoxy) is 1. The topological polar surface area (TPSA) is 84.0 Å². The van der Waals surface area contributed by atoms with Gasteiger partial charge >= 0.3 is 5.97 Å². The minimum atomic E-state index is -3.81. The molecule has 0 radical (unpaired) electrons. The highest BCUT2D eigenvalue weighted by molar-refractivity contribution is 7.89. The molecule has 7 nitrogen and oxygen atoms in total. The maximum Gasteiger partial charge on any atom is 0.324 e. The molecule has 0 aromatic heterocycles. The number of carbonyl (C=O) groups excluding carboxylic acids is 2. The third-order valence-corrected chi connectivity index (χ3v) is 6.99. The minimum Gasteiger partial charge on any atom is -0.468 e. The first-order valence-corrected chi connectivity index (χ1v) is 10.3. The standard InChI is InChI=1S/C18H24N2O5S/c1-13(21)19-10-5-6-14-12-15(8-9-16(14)19)26(23,24)20-11-4-3-7-17(20)18(22)25-2/h8-9,12,17H,3-7,10-11H2,1-2H3/t17-/m0/s1. The fourth-order valence-corrected chi connectivity index (χ4v) is 5.46. The normalized spacial score (nSPS) is 21.2. The van der Waals surface area contributed by atoms with Crippen molar-refractivity contribution < 1.29 is 22.7 Å². The number of piperidine rings is 1. The number of esters is 1. The first-order valence-electron chi connectivity index (χ1n) is 8.87. The minimum absolute atomic E-state index is 0.0525. The number of nitrogens with zero attached hydrogens (tertiary/aromatic N) is 2. The van der Waals surface area contributed by atoms with E-state index in [9.17, 15) is 18.0 Å². The van der Waals surface area contributed by atoms with Crippen molar-refractivity contribution in [2.45, 2.75) is 50.0 Å². The van der Waals surface area contributed by atoms with Gasteiger partial charge in [0.15, 0.2) is 0 Å². The van der Waals surface area contributed by atoms with Gasteiger partial charge in [0.2, 0.25) is 15.9 Å². The summed E-state index contributed by atoms with van der Waals surface area (Å²) >= 11 is 0. The van der Waals surface area contributed by atoms with Gasteiger partial charge in [-0.1, -0.05) is 0 Å². The fourth-order valence-electron chi connectivity index (χ4n) is 3.76. The zero-order valence-electron chi connectivity index (χ0n) is 15.1. The molecule has 142 valence electrons. The summed E-state index contributed by atoms with van der Waals surface area (Å²) in [5, 5.41) is 0. The van der Waals surface area contributed by atoms with E-state index in [2.05, 4.69) is 0 Å². The number of aryl methyl sites for hydroxylation is 1. The van der Waals surface area contributed by atoms with Crippen LogP contribution in [-0.4, -0.2) is 50.8 Å². The Morgan fingerprint density at radius 1 is 1.15 bits per heavy atom. The molecule has 1 aromatic carbocycles. The smallest absolute Gasteiger partial charge is 0.324 e. The summed E-state index contributed by atoms with van der Waals surface area (Å²) < 4.78 is 32.4. The lowest BCUT2D eigenvalue weighted by atomic mass is 10.0. The van der Waals surface area contributed by atoms with Crippen LogP contribution in [0.5, 0.6) is 0 Å². The van der Waals surface area contributed by atoms with E-state index in [0.717, 1.165) is 36.9 Å². The second-order valence-corrected chi connectivity index (χ2v) is 8.61. The van der Waals surface area contributed by atoms with Crippen LogP contribution in [0.15, 0.2) is 23.1 Å². The van der Waals surface area contributed by atoms with Crippen LogP contribution in [0.25, 0.3) is 0 Å². The number of carbonyl (C=O) groups is 2. The molecule has 0 unspecified atom stereocenters. The highest BCUT2D eigenvalue weighted by Gasteiger charge is 2.38. The molecule has 2 aliphatic heterocycles. The number of fused-ring (bicyclic) bond motifs is 1. The highest BCUT2D eigenvalue weighted by atomic mass is 32.2. The summed E-state index contributed by atoms with van der Waals surface area (Å²) in [6, 6.07) is 4.09. The molecule has 0 spiro atoms. The van der Waals surface area contributed by atoms with Crippen molar-refractivity contribution in [2.75, 3.05) is 25.1 Å². The van der Waals surface area contributed by atoms with Crippen LogP contribution in [0.3, 0.4) is 0 Å². The van der Waals surface area contributed by atoms with Gasteiger partial charge in [-0.3, -0.25) is 9.59 Å². The first-order chi connectivity index (χ1) is 12.4. The number of sulfonamides is 1. The molecule has 1 fully saturated rings. The monoisotopic (exact) mass is 380 g/mol. The van der Waals surface area contributed by atoms with E-state index in [-0.39, 0.29) is 10.8 Å². The van der Waals surface area contributed by atoms with Crippen LogP contribution in [0.1, 0.15) is 38.2 Å². The number of benzene rings is 1. The molecule has 8 heteroatoms. The summed E-state index contributed by atoms with van der Waals surface area (Å²) in [4.78, 5) is 25.7. The Kier molecular flexibility index (Phi) is 5.34. The van der Waals surface area contributed by atoms with E-state index in [4.69, 9.17) is 4.74 Å². The summed E-state index contributed by atoms with van der Waals surface area (Å²) in [5.74, 6) is -0.572. The van der Waals surface area contributed by atoms with Crippen molar-refractivity contribution in [3.8, 4) is 0 Å². The van der Waals surface area contributed by atoms with Gasteiger partial charge in [0.25, 0.3) is 0 Å². The third-order valence-electron chi connectivity index (χ3n) is 5.08. The van der Waals surface area contributed by atoms with Gasteiger partial charge in [-0.2, -0.15) is 4.31 Å².